The highest BCUT2D eigenvalue weighted by Crippen LogP contribution is 2.30. The van der Waals surface area contributed by atoms with E-state index in [4.69, 9.17) is 11.6 Å². The van der Waals surface area contributed by atoms with Gasteiger partial charge in [0.2, 0.25) is 4.96 Å². The molecule has 0 amide bonds. The summed E-state index contributed by atoms with van der Waals surface area (Å²) in [4.78, 5) is 0.589. The maximum Gasteiger partial charge on any atom is 0.235 e. The number of H-pyrrole nitrogens is 1. The van der Waals surface area contributed by atoms with Crippen LogP contribution in [0.1, 0.15) is 5.69 Å². The van der Waals surface area contributed by atoms with Gasteiger partial charge in [-0.3, -0.25) is 5.10 Å². The zero-order chi connectivity index (χ0) is 15.3. The molecule has 0 spiro atoms. The first-order valence-corrected chi connectivity index (χ1v) is 7.51. The van der Waals surface area contributed by atoms with Gasteiger partial charge in [0.15, 0.2) is 10.8 Å². The molecule has 3 aromatic heterocycles. The summed E-state index contributed by atoms with van der Waals surface area (Å²) in [5, 5.41) is 20.7. The van der Waals surface area contributed by atoms with Crippen LogP contribution in [0.4, 0.5) is 4.39 Å². The maximum atomic E-state index is 13.5. The largest absolute Gasteiger partial charge is 0.282 e. The Morgan fingerprint density at radius 2 is 2.14 bits per heavy atom. The van der Waals surface area contributed by atoms with Crippen LogP contribution in [0.5, 0.6) is 0 Å². The van der Waals surface area contributed by atoms with Crippen LogP contribution in [0.2, 0.25) is 5.02 Å². The van der Waals surface area contributed by atoms with Gasteiger partial charge >= 0.3 is 0 Å². The van der Waals surface area contributed by atoms with E-state index in [0.29, 0.717) is 26.4 Å². The van der Waals surface area contributed by atoms with Gasteiger partial charge in [0, 0.05) is 11.3 Å². The minimum Gasteiger partial charge on any atom is -0.282 e. The number of aromatic nitrogens is 6. The van der Waals surface area contributed by atoms with Gasteiger partial charge in [-0.05, 0) is 31.2 Å². The Kier molecular flexibility index (Phi) is 2.95. The molecule has 0 saturated heterocycles. The highest BCUT2D eigenvalue weighted by atomic mass is 35.5. The van der Waals surface area contributed by atoms with Gasteiger partial charge in [-0.2, -0.15) is 14.7 Å². The molecule has 0 unspecified atom stereocenters. The van der Waals surface area contributed by atoms with Crippen molar-refractivity contribution in [2.45, 2.75) is 6.92 Å². The molecular weight excluding hydrogens is 327 g/mol. The molecular formula is C13H8ClFN6S. The Morgan fingerprint density at radius 3 is 2.91 bits per heavy atom. The van der Waals surface area contributed by atoms with Gasteiger partial charge < -0.3 is 0 Å². The third-order valence-corrected chi connectivity index (χ3v) is 4.34. The smallest absolute Gasteiger partial charge is 0.235 e. The lowest BCUT2D eigenvalue weighted by Crippen LogP contribution is -1.92. The minimum absolute atomic E-state index is 0.390. The Labute approximate surface area is 132 Å². The van der Waals surface area contributed by atoms with Crippen LogP contribution in [0, 0.1) is 12.7 Å². The zero-order valence-corrected chi connectivity index (χ0v) is 12.8. The summed E-state index contributed by atoms with van der Waals surface area (Å²) >= 11 is 7.47. The van der Waals surface area contributed by atoms with Crippen LogP contribution in [0.15, 0.2) is 24.3 Å². The van der Waals surface area contributed by atoms with Crippen LogP contribution >= 0.6 is 22.9 Å². The van der Waals surface area contributed by atoms with Crippen molar-refractivity contribution in [3.8, 4) is 22.1 Å². The summed E-state index contributed by atoms with van der Waals surface area (Å²) in [6, 6.07) is 5.98. The predicted molar refractivity (Wildman–Crippen MR) is 81.4 cm³/mol. The van der Waals surface area contributed by atoms with Crippen LogP contribution in [-0.4, -0.2) is 30.0 Å². The molecule has 0 aliphatic heterocycles. The molecule has 9 heteroatoms. The van der Waals surface area contributed by atoms with Crippen LogP contribution < -0.4 is 0 Å². The lowest BCUT2D eigenvalue weighted by molar-refractivity contribution is 0.628. The van der Waals surface area contributed by atoms with Gasteiger partial charge in [0.1, 0.15) is 11.5 Å². The van der Waals surface area contributed by atoms with E-state index in [1.807, 2.05) is 13.0 Å². The monoisotopic (exact) mass is 334 g/mol. The van der Waals surface area contributed by atoms with Crippen molar-refractivity contribution in [3.63, 3.8) is 0 Å². The number of nitrogens with zero attached hydrogens (tertiary/aromatic N) is 5. The Balaban J connectivity index is 1.89. The second-order valence-electron chi connectivity index (χ2n) is 4.69. The van der Waals surface area contributed by atoms with Gasteiger partial charge in [-0.25, -0.2) is 4.39 Å². The predicted octanol–water partition coefficient (Wildman–Crippen LogP) is 3.34. The number of halogens is 2. The van der Waals surface area contributed by atoms with Crippen LogP contribution in [-0.2, 0) is 0 Å². The third kappa shape index (κ3) is 2.08. The number of hydrogen-bond donors (Lipinski definition) is 1. The van der Waals surface area contributed by atoms with E-state index in [0.717, 1.165) is 11.4 Å². The van der Waals surface area contributed by atoms with E-state index in [9.17, 15) is 4.39 Å². The average Bonchev–Trinajstić information content (AvgIpc) is 3.16. The molecule has 0 fully saturated rings. The number of nitrogens with one attached hydrogen (secondary N) is 1. The fourth-order valence-electron chi connectivity index (χ4n) is 2.08. The maximum absolute atomic E-state index is 13.5. The summed E-state index contributed by atoms with van der Waals surface area (Å²) in [6.45, 7) is 1.91. The summed E-state index contributed by atoms with van der Waals surface area (Å²) < 4.78 is 15.0. The third-order valence-electron chi connectivity index (χ3n) is 3.09. The first-order chi connectivity index (χ1) is 10.6. The molecule has 4 rings (SSSR count). The van der Waals surface area contributed by atoms with Gasteiger partial charge in [0.05, 0.1) is 5.02 Å². The summed E-state index contributed by atoms with van der Waals surface area (Å²) in [5.41, 5.74) is 2.11. The quantitative estimate of drug-likeness (QED) is 0.610. The molecule has 3 heterocycles. The first-order valence-electron chi connectivity index (χ1n) is 6.32. The second kappa shape index (κ2) is 4.85. The lowest BCUT2D eigenvalue weighted by atomic mass is 10.2. The minimum atomic E-state index is -0.394. The summed E-state index contributed by atoms with van der Waals surface area (Å²) in [6.07, 6.45) is 0. The number of hydrogen-bond acceptors (Lipinski definition) is 5. The van der Waals surface area contributed by atoms with Gasteiger partial charge in [-0.1, -0.05) is 22.9 Å². The fraction of sp³-hybridized carbons (Fsp3) is 0.0769. The van der Waals surface area contributed by atoms with Gasteiger partial charge in [-0.15, -0.1) is 10.2 Å². The molecule has 0 radical (unpaired) electrons. The van der Waals surface area contributed by atoms with Crippen LogP contribution in [0.25, 0.3) is 27.1 Å². The van der Waals surface area contributed by atoms with E-state index in [1.54, 1.807) is 4.52 Å². The number of fused-ring (bicyclic) bond motifs is 1. The molecule has 0 saturated carbocycles. The normalized spacial score (nSPS) is 11.4. The van der Waals surface area contributed by atoms with Crippen molar-refractivity contribution in [2.75, 3.05) is 0 Å². The second-order valence-corrected chi connectivity index (χ2v) is 6.05. The van der Waals surface area contributed by atoms with E-state index < -0.39 is 5.82 Å². The topological polar surface area (TPSA) is 71.8 Å². The average molecular weight is 335 g/mol. The van der Waals surface area contributed by atoms with Crippen LogP contribution in [0.3, 0.4) is 0 Å². The molecule has 1 N–H and O–H groups in total. The van der Waals surface area contributed by atoms with Crippen molar-refractivity contribution in [1.82, 2.24) is 30.0 Å². The van der Waals surface area contributed by atoms with E-state index >= 15 is 0 Å². The van der Waals surface area contributed by atoms with Gasteiger partial charge in [0.25, 0.3) is 0 Å². The molecule has 0 bridgehead atoms. The summed E-state index contributed by atoms with van der Waals surface area (Å²) in [7, 11) is 0. The van der Waals surface area contributed by atoms with E-state index in [2.05, 4.69) is 25.5 Å². The fourth-order valence-corrected chi connectivity index (χ4v) is 3.09. The molecule has 0 aliphatic carbocycles. The molecule has 4 aromatic rings. The van der Waals surface area contributed by atoms with Crippen molar-refractivity contribution >= 4 is 27.9 Å². The lowest BCUT2D eigenvalue weighted by Gasteiger charge is -2.00. The molecule has 1 aromatic carbocycles. The molecule has 110 valence electrons. The highest BCUT2D eigenvalue weighted by molar-refractivity contribution is 7.19. The Bertz CT molecular complexity index is 988. The molecule has 0 aliphatic rings. The summed E-state index contributed by atoms with van der Waals surface area (Å²) in [5.74, 6) is 0.00351. The van der Waals surface area contributed by atoms with E-state index in [1.165, 1.54) is 29.5 Å². The SMILES string of the molecule is Cc1cc(-c2nn3c(-c4cc(F)ccc4Cl)nnc3s2)n[nH]1. The van der Waals surface area contributed by atoms with Crippen molar-refractivity contribution in [3.05, 3.63) is 40.8 Å². The zero-order valence-electron chi connectivity index (χ0n) is 11.2. The number of aryl methyl sites for hydroxylation is 1. The van der Waals surface area contributed by atoms with Crippen molar-refractivity contribution < 1.29 is 4.39 Å². The Hall–Kier alpha value is -2.32. The highest BCUT2D eigenvalue weighted by Gasteiger charge is 2.18. The number of aromatic amines is 1. The number of rotatable bonds is 2. The molecule has 6 nitrogen and oxygen atoms in total. The van der Waals surface area contributed by atoms with Crippen molar-refractivity contribution in [1.29, 1.82) is 0 Å². The van der Waals surface area contributed by atoms with E-state index in [-0.39, 0.29) is 0 Å². The molecule has 22 heavy (non-hydrogen) atoms. The standard InChI is InChI=1S/C13H8ClFN6S/c1-6-4-10(17-16-6)12-20-21-11(18-19-13(21)22-12)8-5-7(15)2-3-9(8)14/h2-5H,1H3,(H,16,17). The molecule has 0 atom stereocenters. The Morgan fingerprint density at radius 1 is 1.27 bits per heavy atom. The first kappa shape index (κ1) is 13.4. The van der Waals surface area contributed by atoms with Crippen molar-refractivity contribution in [2.24, 2.45) is 0 Å². The number of benzene rings is 1.